The van der Waals surface area contributed by atoms with Crippen molar-refractivity contribution in [2.75, 3.05) is 25.7 Å². The average Bonchev–Trinajstić information content (AvgIpc) is 2.93. The van der Waals surface area contributed by atoms with Crippen LogP contribution in [0.25, 0.3) is 5.57 Å². The van der Waals surface area contributed by atoms with Crippen LogP contribution in [0, 0.1) is 16.7 Å². The van der Waals surface area contributed by atoms with Crippen molar-refractivity contribution in [1.82, 2.24) is 4.98 Å². The molecule has 2 aromatic rings. The van der Waals surface area contributed by atoms with Crippen LogP contribution in [0.5, 0.6) is 0 Å². The SMILES string of the molecule is CC(C)c1nc2c(c(C3=CCOCC3)c1C(O)c1ccc(C(F)(F)F)c(C#N)c1)C([OH+]S(C)(C)C(C)(C)C)CC1(CCC1)C2. The molecule has 240 valence electrons. The van der Waals surface area contributed by atoms with E-state index in [-0.39, 0.29) is 27.7 Å². The van der Waals surface area contributed by atoms with Crippen molar-refractivity contribution in [2.24, 2.45) is 5.41 Å². The second-order valence-corrected chi connectivity index (χ2v) is 18.4. The summed E-state index contributed by atoms with van der Waals surface area (Å²) in [6, 6.07) is 5.07. The molecule has 2 heterocycles. The van der Waals surface area contributed by atoms with Gasteiger partial charge in [0, 0.05) is 30.2 Å². The van der Waals surface area contributed by atoms with E-state index in [1.807, 2.05) is 13.8 Å². The van der Waals surface area contributed by atoms with Crippen molar-refractivity contribution in [2.45, 2.75) is 102 Å². The van der Waals surface area contributed by atoms with E-state index in [0.717, 1.165) is 59.8 Å². The van der Waals surface area contributed by atoms with Gasteiger partial charge in [0.1, 0.15) is 6.10 Å². The fraction of sp³-hybridized carbons (Fsp3) is 0.600. The molecule has 9 heteroatoms. The zero-order valence-corrected chi connectivity index (χ0v) is 27.8. The molecule has 2 aliphatic carbocycles. The first-order chi connectivity index (χ1) is 20.5. The van der Waals surface area contributed by atoms with Crippen molar-refractivity contribution in [1.29, 1.82) is 5.26 Å². The van der Waals surface area contributed by atoms with Crippen LogP contribution < -0.4 is 0 Å². The van der Waals surface area contributed by atoms with Crippen molar-refractivity contribution >= 4 is 15.9 Å². The summed E-state index contributed by atoms with van der Waals surface area (Å²) in [5.74, 6) is -0.0553. The number of rotatable bonds is 6. The third-order valence-corrected chi connectivity index (χ3v) is 13.9. The van der Waals surface area contributed by atoms with Crippen LogP contribution in [0.15, 0.2) is 24.3 Å². The summed E-state index contributed by atoms with van der Waals surface area (Å²) >= 11 is 0. The fourth-order valence-electron chi connectivity index (χ4n) is 6.80. The Labute approximate surface area is 261 Å². The molecule has 0 amide bonds. The zero-order valence-electron chi connectivity index (χ0n) is 26.9. The maximum absolute atomic E-state index is 13.7. The van der Waals surface area contributed by atoms with Gasteiger partial charge in [-0.3, -0.25) is 4.98 Å². The molecule has 2 N–H and O–H groups in total. The highest BCUT2D eigenvalue weighted by molar-refractivity contribution is 8.29. The fourth-order valence-corrected chi connectivity index (χ4v) is 7.93. The molecule has 2 unspecified atom stereocenters. The summed E-state index contributed by atoms with van der Waals surface area (Å²) in [5, 5.41) is 21.8. The standard InChI is InChI=1S/C35H45F3N2O3S/c1-21(2)31-30(32(41)23-9-10-25(35(36,37)38)24(17-23)20-39)28(22-11-15-42-16-12-22)29-26(40-31)18-34(13-8-14-34)19-27(29)43-44(6,7)33(3,4)5/h9-11,17,21,27,32,41H,8,12-16,18-19H2,1-7H3/p+1. The Balaban J connectivity index is 1.78. The molecule has 0 saturated heterocycles. The largest absolute Gasteiger partial charge is 0.417 e. The number of pyridine rings is 1. The van der Waals surface area contributed by atoms with E-state index in [1.165, 1.54) is 18.6 Å². The van der Waals surface area contributed by atoms with E-state index in [9.17, 15) is 23.5 Å². The number of nitriles is 1. The maximum Gasteiger partial charge on any atom is 0.417 e. The van der Waals surface area contributed by atoms with Crippen LogP contribution in [0.2, 0.25) is 0 Å². The minimum absolute atomic E-state index is 0.0168. The van der Waals surface area contributed by atoms with Crippen molar-refractivity contribution in [3.63, 3.8) is 0 Å². The van der Waals surface area contributed by atoms with E-state index in [0.29, 0.717) is 25.2 Å². The monoisotopic (exact) mass is 631 g/mol. The molecule has 44 heavy (non-hydrogen) atoms. The van der Waals surface area contributed by atoms with Crippen molar-refractivity contribution in [3.05, 3.63) is 69.0 Å². The second kappa shape index (κ2) is 11.8. The summed E-state index contributed by atoms with van der Waals surface area (Å²) in [7, 11) is -1.41. The first kappa shape index (κ1) is 33.0. The molecule has 5 rings (SSSR count). The highest BCUT2D eigenvalue weighted by Gasteiger charge is 2.51. The predicted molar refractivity (Wildman–Crippen MR) is 171 cm³/mol. The van der Waals surface area contributed by atoms with Crippen molar-refractivity contribution in [3.8, 4) is 6.07 Å². The Hall–Kier alpha value is -2.38. The summed E-state index contributed by atoms with van der Waals surface area (Å²) in [6.45, 7) is 11.8. The smallest absolute Gasteiger partial charge is 0.384 e. The third kappa shape index (κ3) is 6.08. The minimum atomic E-state index is -4.67. The van der Waals surface area contributed by atoms with E-state index in [4.69, 9.17) is 13.9 Å². The number of aliphatic hydroxyl groups is 2. The van der Waals surface area contributed by atoms with Gasteiger partial charge in [-0.25, -0.2) is 0 Å². The number of alkyl halides is 3. The summed E-state index contributed by atoms with van der Waals surface area (Å²) < 4.78 is 52.3. The number of aromatic nitrogens is 1. The molecule has 3 aliphatic rings. The topological polar surface area (TPSA) is 78.9 Å². The quantitative estimate of drug-likeness (QED) is 0.325. The Bertz CT molecular complexity index is 1500. The van der Waals surface area contributed by atoms with Crippen LogP contribution >= 0.6 is 10.3 Å². The van der Waals surface area contributed by atoms with Crippen LogP contribution in [-0.4, -0.2) is 44.7 Å². The summed E-state index contributed by atoms with van der Waals surface area (Å²) in [6.07, 6.45) is 6.50. The Kier molecular flexibility index (Phi) is 8.82. The van der Waals surface area contributed by atoms with Gasteiger partial charge in [-0.1, -0.05) is 32.4 Å². The van der Waals surface area contributed by atoms with Crippen LogP contribution in [0.1, 0.15) is 130 Å². The van der Waals surface area contributed by atoms with Gasteiger partial charge in [0.15, 0.2) is 6.10 Å². The van der Waals surface area contributed by atoms with E-state index < -0.39 is 33.7 Å². The lowest BCUT2D eigenvalue weighted by atomic mass is 9.59. The molecule has 1 spiro atoms. The molecular weight excluding hydrogens is 585 g/mol. The molecule has 0 bridgehead atoms. The van der Waals surface area contributed by atoms with E-state index in [1.54, 1.807) is 6.07 Å². The molecule has 2 atom stereocenters. The first-order valence-corrected chi connectivity index (χ1v) is 18.0. The molecule has 1 fully saturated rings. The van der Waals surface area contributed by atoms with Gasteiger partial charge in [0.05, 0.1) is 46.4 Å². The van der Waals surface area contributed by atoms with Crippen molar-refractivity contribution < 1.29 is 27.2 Å². The average molecular weight is 632 g/mol. The molecule has 1 saturated carbocycles. The lowest BCUT2D eigenvalue weighted by Crippen LogP contribution is -2.41. The number of nitrogens with zero attached hydrogens (tertiary/aromatic N) is 2. The van der Waals surface area contributed by atoms with E-state index >= 15 is 0 Å². The molecule has 1 aromatic carbocycles. The first-order valence-electron chi connectivity index (χ1n) is 15.6. The van der Waals surface area contributed by atoms with Gasteiger partial charge in [0.2, 0.25) is 0 Å². The number of benzene rings is 1. The number of halogens is 3. The molecule has 1 aliphatic heterocycles. The minimum Gasteiger partial charge on any atom is -0.384 e. The Morgan fingerprint density at radius 1 is 1.18 bits per heavy atom. The van der Waals surface area contributed by atoms with Gasteiger partial charge in [-0.2, -0.15) is 18.4 Å². The molecule has 1 aromatic heterocycles. The molecular formula is C35H46F3N2O3S+. The third-order valence-electron chi connectivity index (χ3n) is 10.1. The second-order valence-electron chi connectivity index (χ2n) is 14.4. The highest BCUT2D eigenvalue weighted by Crippen LogP contribution is 2.61. The van der Waals surface area contributed by atoms with Crippen LogP contribution in [0.3, 0.4) is 0 Å². The maximum atomic E-state index is 13.7. The molecule has 5 nitrogen and oxygen atoms in total. The molecule has 0 radical (unpaired) electrons. The number of hydrogen-bond acceptors (Lipinski definition) is 4. The Morgan fingerprint density at radius 3 is 2.41 bits per heavy atom. The number of hydrogen-bond donors (Lipinski definition) is 1. The Morgan fingerprint density at radius 2 is 1.89 bits per heavy atom. The van der Waals surface area contributed by atoms with Crippen LogP contribution in [-0.2, 0) is 17.3 Å². The normalized spacial score (nSPS) is 21.3. The van der Waals surface area contributed by atoms with Gasteiger partial charge in [0.25, 0.3) is 0 Å². The zero-order chi connectivity index (χ0) is 32.2. The summed E-state index contributed by atoms with van der Waals surface area (Å²) in [4.78, 5) is 5.32. The number of ether oxygens (including phenoxy) is 1. The van der Waals surface area contributed by atoms with Crippen LogP contribution in [0.4, 0.5) is 13.2 Å². The van der Waals surface area contributed by atoms with Gasteiger partial charge in [-0.15, -0.1) is 0 Å². The highest BCUT2D eigenvalue weighted by atomic mass is 32.3. The van der Waals surface area contributed by atoms with Gasteiger partial charge < -0.3 is 14.0 Å². The lowest BCUT2D eigenvalue weighted by molar-refractivity contribution is -0.137. The number of fused-ring (bicyclic) bond motifs is 1. The number of aliphatic hydroxyl groups excluding tert-OH is 1. The van der Waals surface area contributed by atoms with Gasteiger partial charge >= 0.3 is 6.18 Å². The van der Waals surface area contributed by atoms with E-state index in [2.05, 4.69) is 39.4 Å². The lowest BCUT2D eigenvalue weighted by Gasteiger charge is -2.50. The predicted octanol–water partition coefficient (Wildman–Crippen LogP) is 8.44. The summed E-state index contributed by atoms with van der Waals surface area (Å²) in [5.41, 5.74) is 4.36. The van der Waals surface area contributed by atoms with Gasteiger partial charge in [-0.05, 0) is 96.9 Å².